The van der Waals surface area contributed by atoms with E-state index in [0.717, 1.165) is 18.8 Å². The molecular formula is C13H18F3NO2. The number of ether oxygens (including phenoxy) is 1. The summed E-state index contributed by atoms with van der Waals surface area (Å²) >= 11 is 0. The standard InChI is InChI=1S/C13H18F3NO2/c14-13(15,16)6-19-12(18)17-11-5-7-4-10(11)9-3-1-2-8(7)9/h7-11H,1-6H2,(H,17,18). The van der Waals surface area contributed by atoms with E-state index in [0.29, 0.717) is 17.8 Å². The lowest BCUT2D eigenvalue weighted by molar-refractivity contribution is -0.160. The molecule has 2 bridgehead atoms. The third-order valence-corrected chi connectivity index (χ3v) is 5.10. The first-order valence-corrected chi connectivity index (χ1v) is 6.94. The van der Waals surface area contributed by atoms with Gasteiger partial charge in [-0.3, -0.25) is 0 Å². The highest BCUT2D eigenvalue weighted by Gasteiger charge is 2.54. The van der Waals surface area contributed by atoms with Crippen molar-refractivity contribution in [2.24, 2.45) is 23.7 Å². The first-order chi connectivity index (χ1) is 8.94. The maximum absolute atomic E-state index is 12.0. The summed E-state index contributed by atoms with van der Waals surface area (Å²) in [5, 5.41) is 2.63. The topological polar surface area (TPSA) is 38.3 Å². The lowest BCUT2D eigenvalue weighted by atomic mass is 9.79. The Morgan fingerprint density at radius 3 is 2.63 bits per heavy atom. The number of hydrogen-bond acceptors (Lipinski definition) is 2. The number of fused-ring (bicyclic) bond motifs is 5. The number of amides is 1. The van der Waals surface area contributed by atoms with Gasteiger partial charge in [0.25, 0.3) is 0 Å². The molecule has 0 heterocycles. The molecule has 0 saturated heterocycles. The minimum atomic E-state index is -4.46. The van der Waals surface area contributed by atoms with E-state index in [1.807, 2.05) is 0 Å². The molecule has 0 aromatic heterocycles. The normalized spacial score (nSPS) is 40.3. The smallest absolute Gasteiger partial charge is 0.422 e. The summed E-state index contributed by atoms with van der Waals surface area (Å²) in [5.74, 6) is 2.59. The minimum Gasteiger partial charge on any atom is -0.440 e. The van der Waals surface area contributed by atoms with E-state index in [1.54, 1.807) is 0 Å². The number of halogens is 3. The molecule has 0 spiro atoms. The minimum absolute atomic E-state index is 0.0186. The molecule has 1 amide bonds. The largest absolute Gasteiger partial charge is 0.440 e. The quantitative estimate of drug-likeness (QED) is 0.842. The lowest BCUT2D eigenvalue weighted by Gasteiger charge is -2.31. The second-order valence-corrected chi connectivity index (χ2v) is 6.10. The second-order valence-electron chi connectivity index (χ2n) is 6.10. The molecular weight excluding hydrogens is 259 g/mol. The van der Waals surface area contributed by atoms with E-state index in [-0.39, 0.29) is 6.04 Å². The summed E-state index contributed by atoms with van der Waals surface area (Å²) in [4.78, 5) is 11.4. The van der Waals surface area contributed by atoms with Crippen LogP contribution in [-0.2, 0) is 4.74 Å². The second kappa shape index (κ2) is 4.56. The molecule has 0 radical (unpaired) electrons. The Morgan fingerprint density at radius 1 is 1.16 bits per heavy atom. The first kappa shape index (κ1) is 13.1. The molecule has 19 heavy (non-hydrogen) atoms. The van der Waals surface area contributed by atoms with Gasteiger partial charge in [0.05, 0.1) is 0 Å². The number of hydrogen-bond donors (Lipinski definition) is 1. The van der Waals surface area contributed by atoms with E-state index < -0.39 is 18.9 Å². The Kier molecular flexibility index (Phi) is 3.14. The maximum atomic E-state index is 12.0. The van der Waals surface area contributed by atoms with Crippen LogP contribution in [0.4, 0.5) is 18.0 Å². The molecule has 5 atom stereocenters. The summed E-state index contributed by atoms with van der Waals surface area (Å²) < 4.78 is 40.1. The van der Waals surface area contributed by atoms with Gasteiger partial charge < -0.3 is 10.1 Å². The maximum Gasteiger partial charge on any atom is 0.422 e. The molecule has 6 heteroatoms. The Hall–Kier alpha value is -0.940. The van der Waals surface area contributed by atoms with E-state index in [4.69, 9.17) is 0 Å². The summed E-state index contributed by atoms with van der Waals surface area (Å²) in [6, 6.07) is 0.0186. The molecule has 0 aromatic rings. The van der Waals surface area contributed by atoms with Crippen LogP contribution >= 0.6 is 0 Å². The van der Waals surface area contributed by atoms with Crippen molar-refractivity contribution in [2.75, 3.05) is 6.61 Å². The van der Waals surface area contributed by atoms with Gasteiger partial charge in [-0.1, -0.05) is 6.42 Å². The zero-order chi connectivity index (χ0) is 13.6. The monoisotopic (exact) mass is 277 g/mol. The van der Waals surface area contributed by atoms with Gasteiger partial charge in [0.1, 0.15) is 0 Å². The molecule has 3 rings (SSSR count). The average molecular weight is 277 g/mol. The summed E-state index contributed by atoms with van der Waals surface area (Å²) in [5.41, 5.74) is 0. The fourth-order valence-electron chi connectivity index (χ4n) is 4.57. The third-order valence-electron chi connectivity index (χ3n) is 5.10. The van der Waals surface area contributed by atoms with Crippen LogP contribution in [0.1, 0.15) is 32.1 Å². The summed E-state index contributed by atoms with van der Waals surface area (Å²) in [6.45, 7) is -1.51. The van der Waals surface area contributed by atoms with Crippen molar-refractivity contribution in [1.82, 2.24) is 5.32 Å². The van der Waals surface area contributed by atoms with Gasteiger partial charge in [-0.25, -0.2) is 4.79 Å². The number of carbonyl (C=O) groups excluding carboxylic acids is 1. The van der Waals surface area contributed by atoms with Crippen molar-refractivity contribution < 1.29 is 22.7 Å². The summed E-state index contributed by atoms with van der Waals surface area (Å²) in [7, 11) is 0. The van der Waals surface area contributed by atoms with Gasteiger partial charge in [-0.2, -0.15) is 13.2 Å². The highest BCUT2D eigenvalue weighted by molar-refractivity contribution is 5.67. The van der Waals surface area contributed by atoms with Crippen molar-refractivity contribution in [3.8, 4) is 0 Å². The molecule has 3 fully saturated rings. The zero-order valence-electron chi connectivity index (χ0n) is 10.6. The molecule has 5 unspecified atom stereocenters. The number of carbonyl (C=O) groups is 1. The molecule has 3 saturated carbocycles. The van der Waals surface area contributed by atoms with Crippen LogP contribution in [0.3, 0.4) is 0 Å². The number of rotatable bonds is 2. The predicted octanol–water partition coefficient (Wildman–Crippen LogP) is 3.10. The van der Waals surface area contributed by atoms with Crippen molar-refractivity contribution in [1.29, 1.82) is 0 Å². The van der Waals surface area contributed by atoms with E-state index in [2.05, 4.69) is 10.1 Å². The fraction of sp³-hybridized carbons (Fsp3) is 0.923. The number of nitrogens with one attached hydrogen (secondary N) is 1. The van der Waals surface area contributed by atoms with Crippen LogP contribution in [0.25, 0.3) is 0 Å². The number of alkyl carbamates (subject to hydrolysis) is 1. The molecule has 0 aromatic carbocycles. The van der Waals surface area contributed by atoms with Crippen LogP contribution in [0.5, 0.6) is 0 Å². The van der Waals surface area contributed by atoms with Gasteiger partial charge in [0, 0.05) is 6.04 Å². The fourth-order valence-corrected chi connectivity index (χ4v) is 4.57. The van der Waals surface area contributed by atoms with Crippen molar-refractivity contribution in [3.63, 3.8) is 0 Å². The third kappa shape index (κ3) is 2.54. The predicted molar refractivity (Wildman–Crippen MR) is 61.4 cm³/mol. The highest BCUT2D eigenvalue weighted by Crippen LogP contribution is 2.58. The Labute approximate surface area is 109 Å². The molecule has 3 aliphatic rings. The molecule has 3 aliphatic carbocycles. The van der Waals surface area contributed by atoms with E-state index in [9.17, 15) is 18.0 Å². The van der Waals surface area contributed by atoms with Crippen LogP contribution in [0.2, 0.25) is 0 Å². The van der Waals surface area contributed by atoms with Crippen molar-refractivity contribution >= 4 is 6.09 Å². The van der Waals surface area contributed by atoms with Crippen LogP contribution in [0.15, 0.2) is 0 Å². The van der Waals surface area contributed by atoms with E-state index >= 15 is 0 Å². The Morgan fingerprint density at radius 2 is 1.89 bits per heavy atom. The molecule has 108 valence electrons. The van der Waals surface area contributed by atoms with Gasteiger partial charge in [0.15, 0.2) is 6.61 Å². The van der Waals surface area contributed by atoms with Crippen LogP contribution in [0, 0.1) is 23.7 Å². The molecule has 3 nitrogen and oxygen atoms in total. The first-order valence-electron chi connectivity index (χ1n) is 6.94. The highest BCUT2D eigenvalue weighted by atomic mass is 19.4. The van der Waals surface area contributed by atoms with Gasteiger partial charge in [-0.05, 0) is 49.4 Å². The lowest BCUT2D eigenvalue weighted by Crippen LogP contribution is -2.43. The number of alkyl halides is 3. The SMILES string of the molecule is O=C(NC1CC2CC1C1CCCC21)OCC(F)(F)F. The van der Waals surface area contributed by atoms with Crippen LogP contribution in [-0.4, -0.2) is 24.9 Å². The Bertz CT molecular complexity index is 371. The molecule has 1 N–H and O–H groups in total. The Balaban J connectivity index is 1.51. The van der Waals surface area contributed by atoms with Gasteiger partial charge in [-0.15, -0.1) is 0 Å². The summed E-state index contributed by atoms with van der Waals surface area (Å²) in [6.07, 6.45) is 0.408. The zero-order valence-corrected chi connectivity index (χ0v) is 10.6. The van der Waals surface area contributed by atoms with E-state index in [1.165, 1.54) is 19.3 Å². The van der Waals surface area contributed by atoms with Crippen molar-refractivity contribution in [3.05, 3.63) is 0 Å². The average Bonchev–Trinajstić information content (AvgIpc) is 2.96. The van der Waals surface area contributed by atoms with Crippen molar-refractivity contribution in [2.45, 2.75) is 44.3 Å². The van der Waals surface area contributed by atoms with Gasteiger partial charge >= 0.3 is 12.3 Å². The van der Waals surface area contributed by atoms with Crippen LogP contribution < -0.4 is 5.32 Å². The molecule has 0 aliphatic heterocycles. The van der Waals surface area contributed by atoms with Gasteiger partial charge in [0.2, 0.25) is 0 Å².